The molecule has 2 fully saturated rings. The molecule has 2 amide bonds. The molecule has 8 nitrogen and oxygen atoms in total. The highest BCUT2D eigenvalue weighted by molar-refractivity contribution is 5.99. The molecule has 2 aliphatic heterocycles. The number of fused-ring (bicyclic) bond motifs is 5. The summed E-state index contributed by atoms with van der Waals surface area (Å²) in [7, 11) is 1.10. The van der Waals surface area contributed by atoms with Crippen LogP contribution in [-0.4, -0.2) is 52.9 Å². The minimum absolute atomic E-state index is 0.0281. The molecule has 0 spiro atoms. The number of carbonyl (C=O) groups excluding carboxylic acids is 2. The highest BCUT2D eigenvalue weighted by Crippen LogP contribution is 2.39. The van der Waals surface area contributed by atoms with Crippen molar-refractivity contribution < 1.29 is 41.0 Å². The first kappa shape index (κ1) is 24.2. The minimum Gasteiger partial charge on any atom is -0.491 e. The van der Waals surface area contributed by atoms with Gasteiger partial charge in [0.25, 0.3) is 11.8 Å². The van der Waals surface area contributed by atoms with Crippen molar-refractivity contribution in [2.24, 2.45) is 0 Å². The van der Waals surface area contributed by atoms with E-state index in [1.807, 2.05) is 0 Å². The van der Waals surface area contributed by atoms with Crippen LogP contribution in [0.2, 0.25) is 0 Å². The molecule has 1 unspecified atom stereocenters. The van der Waals surface area contributed by atoms with Crippen LogP contribution in [0.4, 0.5) is 22.0 Å². The van der Waals surface area contributed by atoms with Gasteiger partial charge in [0.2, 0.25) is 5.43 Å². The van der Waals surface area contributed by atoms with Crippen LogP contribution in [0, 0.1) is 11.6 Å². The van der Waals surface area contributed by atoms with Gasteiger partial charge in [-0.15, -0.1) is 0 Å². The third-order valence-electron chi connectivity index (χ3n) is 6.76. The van der Waals surface area contributed by atoms with Gasteiger partial charge in [-0.05, 0) is 25.3 Å². The zero-order chi connectivity index (χ0) is 25.9. The summed E-state index contributed by atoms with van der Waals surface area (Å²) in [6, 6.07) is -1.51. The SMILES string of the molecule is COc1c2n(cc(C(=O)N[C@@H](c3ccc(F)cc3F)C(F)(F)F)c1=O)CC1O[C@@H]3CC[C@@H](C3)N1C2=O. The van der Waals surface area contributed by atoms with Crippen LogP contribution < -0.4 is 15.5 Å². The predicted octanol–water partition coefficient (Wildman–Crippen LogP) is 2.90. The molecule has 1 saturated heterocycles. The number of benzene rings is 1. The lowest BCUT2D eigenvalue weighted by atomic mass is 10.0. The fraction of sp³-hybridized carbons (Fsp3) is 0.435. The van der Waals surface area contributed by atoms with Gasteiger partial charge in [-0.25, -0.2) is 8.78 Å². The zero-order valence-corrected chi connectivity index (χ0v) is 18.8. The summed E-state index contributed by atoms with van der Waals surface area (Å²) < 4.78 is 80.9. The van der Waals surface area contributed by atoms with Crippen LogP contribution in [-0.2, 0) is 11.3 Å². The van der Waals surface area contributed by atoms with Gasteiger partial charge in [0.05, 0.1) is 19.8 Å². The summed E-state index contributed by atoms with van der Waals surface area (Å²) in [6.07, 6.45) is -2.74. The molecule has 4 atom stereocenters. The number of carbonyl (C=O) groups is 2. The Balaban J connectivity index is 1.53. The minimum atomic E-state index is -5.17. The topological polar surface area (TPSA) is 89.9 Å². The molecule has 0 radical (unpaired) electrons. The molecule has 5 rings (SSSR count). The number of aromatic nitrogens is 1. The maximum absolute atomic E-state index is 14.1. The first-order chi connectivity index (χ1) is 17.0. The number of rotatable bonds is 4. The molecule has 3 aliphatic rings. The van der Waals surface area contributed by atoms with E-state index in [1.54, 1.807) is 5.32 Å². The number of nitrogens with one attached hydrogen (secondary N) is 1. The van der Waals surface area contributed by atoms with E-state index in [9.17, 15) is 36.3 Å². The monoisotopic (exact) mass is 513 g/mol. The van der Waals surface area contributed by atoms with Gasteiger partial charge in [-0.3, -0.25) is 14.4 Å². The van der Waals surface area contributed by atoms with Crippen LogP contribution in [0.1, 0.15) is 51.7 Å². The van der Waals surface area contributed by atoms with Crippen molar-refractivity contribution in [2.45, 2.75) is 56.4 Å². The van der Waals surface area contributed by atoms with Gasteiger partial charge in [0.15, 0.2) is 23.7 Å². The van der Waals surface area contributed by atoms with E-state index in [-0.39, 0.29) is 30.5 Å². The van der Waals surface area contributed by atoms with Gasteiger partial charge in [-0.1, -0.05) is 6.07 Å². The third-order valence-corrected chi connectivity index (χ3v) is 6.76. The van der Waals surface area contributed by atoms with Crippen molar-refractivity contribution in [3.8, 4) is 5.75 Å². The van der Waals surface area contributed by atoms with E-state index >= 15 is 0 Å². The summed E-state index contributed by atoms with van der Waals surface area (Å²) in [5.41, 5.74) is -3.01. The quantitative estimate of drug-likeness (QED) is 0.636. The van der Waals surface area contributed by atoms with Crippen LogP contribution in [0.5, 0.6) is 5.75 Å². The fourth-order valence-electron chi connectivity index (χ4n) is 5.17. The molecule has 3 heterocycles. The van der Waals surface area contributed by atoms with Gasteiger partial charge in [-0.2, -0.15) is 13.2 Å². The molecular weight excluding hydrogens is 493 g/mol. The molecule has 2 bridgehead atoms. The Kier molecular flexibility index (Phi) is 5.77. The molecule has 1 aromatic carbocycles. The van der Waals surface area contributed by atoms with Gasteiger partial charge in [0.1, 0.15) is 17.2 Å². The Bertz CT molecular complexity index is 1310. The number of alkyl halides is 3. The second-order valence-electron chi connectivity index (χ2n) is 8.91. The lowest BCUT2D eigenvalue weighted by Gasteiger charge is -2.44. The summed E-state index contributed by atoms with van der Waals surface area (Å²) in [6.45, 7) is 0.0281. The number of halogens is 5. The number of hydrogen-bond donors (Lipinski definition) is 1. The maximum atomic E-state index is 14.1. The highest BCUT2D eigenvalue weighted by Gasteiger charge is 2.48. The molecule has 36 heavy (non-hydrogen) atoms. The molecule has 1 aromatic heterocycles. The molecule has 13 heteroatoms. The number of pyridine rings is 1. The van der Waals surface area contributed by atoms with Crippen LogP contribution in [0.25, 0.3) is 0 Å². The normalized spacial score (nSPS) is 23.7. The first-order valence-corrected chi connectivity index (χ1v) is 11.1. The molecule has 192 valence electrons. The maximum Gasteiger partial charge on any atom is 0.412 e. The highest BCUT2D eigenvalue weighted by atomic mass is 19.4. The molecule has 1 aliphatic carbocycles. The fourth-order valence-corrected chi connectivity index (χ4v) is 5.17. The smallest absolute Gasteiger partial charge is 0.412 e. The lowest BCUT2D eigenvalue weighted by molar-refractivity contribution is -0.155. The van der Waals surface area contributed by atoms with Crippen molar-refractivity contribution in [1.29, 1.82) is 0 Å². The Morgan fingerprint density at radius 2 is 1.97 bits per heavy atom. The zero-order valence-electron chi connectivity index (χ0n) is 18.8. The Labute approximate surface area is 200 Å². The van der Waals surface area contributed by atoms with E-state index < -0.39 is 64.2 Å². The van der Waals surface area contributed by atoms with Crippen LogP contribution in [0.15, 0.2) is 29.2 Å². The molecule has 1 saturated carbocycles. The number of amides is 2. The van der Waals surface area contributed by atoms with E-state index in [2.05, 4.69) is 0 Å². The van der Waals surface area contributed by atoms with E-state index in [1.165, 1.54) is 9.47 Å². The Morgan fingerprint density at radius 1 is 1.22 bits per heavy atom. The third kappa shape index (κ3) is 3.91. The average Bonchev–Trinajstić information content (AvgIpc) is 3.18. The van der Waals surface area contributed by atoms with Gasteiger partial charge < -0.3 is 24.3 Å². The molecular formula is C23H20F5N3O5. The van der Waals surface area contributed by atoms with Crippen LogP contribution >= 0.6 is 0 Å². The predicted molar refractivity (Wildman–Crippen MR) is 112 cm³/mol. The van der Waals surface area contributed by atoms with Crippen LogP contribution in [0.3, 0.4) is 0 Å². The lowest BCUT2D eigenvalue weighted by Crippen LogP contribution is -2.57. The second kappa shape index (κ2) is 8.57. The molecule has 1 N–H and O–H groups in total. The Morgan fingerprint density at radius 3 is 2.64 bits per heavy atom. The van der Waals surface area contributed by atoms with Crippen molar-refractivity contribution >= 4 is 11.8 Å². The Hall–Kier alpha value is -3.48. The largest absolute Gasteiger partial charge is 0.491 e. The number of methoxy groups -OCH3 is 1. The van der Waals surface area contributed by atoms with E-state index in [0.29, 0.717) is 18.6 Å². The van der Waals surface area contributed by atoms with Gasteiger partial charge in [0, 0.05) is 23.9 Å². The van der Waals surface area contributed by atoms with Gasteiger partial charge >= 0.3 is 6.18 Å². The van der Waals surface area contributed by atoms with E-state index in [0.717, 1.165) is 26.1 Å². The van der Waals surface area contributed by atoms with Crippen molar-refractivity contribution in [3.05, 3.63) is 63.1 Å². The standard InChI is InChI=1S/C23H20F5N3O5/c1-35-19-17-22(34)31-11-3-4-12(7-11)36-16(31)9-30(17)8-14(18(19)32)21(33)29-20(23(26,27)28)13-5-2-10(24)6-15(13)25/h2,5-6,8,11-12,16,20H,3-4,7,9H2,1H3,(H,29,33)/t11-,12+,16?,20-/m0/s1. The summed E-state index contributed by atoms with van der Waals surface area (Å²) in [5.74, 6) is -5.13. The van der Waals surface area contributed by atoms with Crippen molar-refractivity contribution in [2.75, 3.05) is 7.11 Å². The molecule has 2 aromatic rings. The number of hydrogen-bond acceptors (Lipinski definition) is 5. The van der Waals surface area contributed by atoms with E-state index in [4.69, 9.17) is 9.47 Å². The number of ether oxygens (including phenoxy) is 2. The first-order valence-electron chi connectivity index (χ1n) is 11.1. The summed E-state index contributed by atoms with van der Waals surface area (Å²) in [5, 5.41) is 1.62. The van der Waals surface area contributed by atoms with Crippen molar-refractivity contribution in [3.63, 3.8) is 0 Å². The summed E-state index contributed by atoms with van der Waals surface area (Å²) >= 11 is 0. The average molecular weight is 513 g/mol. The summed E-state index contributed by atoms with van der Waals surface area (Å²) in [4.78, 5) is 40.8. The number of nitrogens with zero attached hydrogens (tertiary/aromatic N) is 2. The van der Waals surface area contributed by atoms with Crippen molar-refractivity contribution in [1.82, 2.24) is 14.8 Å². The second-order valence-corrected chi connectivity index (χ2v) is 8.91.